The molecule has 1 atom stereocenters. The highest BCUT2D eigenvalue weighted by Crippen LogP contribution is 2.25. The van der Waals surface area contributed by atoms with Crippen LogP contribution in [0.5, 0.6) is 5.75 Å². The average molecular weight is 340 g/mol. The molecule has 1 amide bonds. The molecule has 2 N–H and O–H groups in total. The molecule has 1 aromatic rings. The van der Waals surface area contributed by atoms with Crippen LogP contribution in [0.4, 0.5) is 5.69 Å². The fourth-order valence-corrected chi connectivity index (χ4v) is 4.41. The van der Waals surface area contributed by atoms with Gasteiger partial charge in [-0.1, -0.05) is 25.5 Å². The normalized spacial score (nSPS) is 19.4. The van der Waals surface area contributed by atoms with Crippen molar-refractivity contribution in [3.8, 4) is 5.75 Å². The third-order valence-electron chi connectivity index (χ3n) is 4.07. The second kappa shape index (κ2) is 7.79. The van der Waals surface area contributed by atoms with Gasteiger partial charge >= 0.3 is 0 Å². The van der Waals surface area contributed by atoms with E-state index >= 15 is 0 Å². The van der Waals surface area contributed by atoms with Gasteiger partial charge in [0.25, 0.3) is 0 Å². The lowest BCUT2D eigenvalue weighted by Gasteiger charge is -2.31. The van der Waals surface area contributed by atoms with Gasteiger partial charge < -0.3 is 10.4 Å². The van der Waals surface area contributed by atoms with E-state index in [9.17, 15) is 18.3 Å². The summed E-state index contributed by atoms with van der Waals surface area (Å²) in [5.41, 5.74) is 0.350. The zero-order chi connectivity index (χ0) is 16.9. The molecule has 0 radical (unpaired) electrons. The van der Waals surface area contributed by atoms with Crippen LogP contribution in [-0.2, 0) is 14.8 Å². The molecule has 0 aromatic heterocycles. The number of nitrogens with one attached hydrogen (secondary N) is 1. The van der Waals surface area contributed by atoms with Crippen molar-refractivity contribution in [2.75, 3.05) is 24.2 Å². The van der Waals surface area contributed by atoms with Gasteiger partial charge in [0.15, 0.2) is 0 Å². The number of benzene rings is 1. The zero-order valence-electron chi connectivity index (χ0n) is 13.4. The maximum Gasteiger partial charge on any atom is 0.228 e. The second-order valence-corrected chi connectivity index (χ2v) is 7.96. The molecule has 2 rings (SSSR count). The number of aromatic hydroxyl groups is 1. The van der Waals surface area contributed by atoms with Crippen LogP contribution in [0.25, 0.3) is 0 Å². The molecule has 128 valence electrons. The van der Waals surface area contributed by atoms with Crippen molar-refractivity contribution in [2.24, 2.45) is 5.92 Å². The lowest BCUT2D eigenvalue weighted by molar-refractivity contribution is -0.120. The van der Waals surface area contributed by atoms with Crippen molar-refractivity contribution in [2.45, 2.75) is 32.6 Å². The van der Waals surface area contributed by atoms with Crippen molar-refractivity contribution < 1.29 is 18.3 Å². The quantitative estimate of drug-likeness (QED) is 0.777. The van der Waals surface area contributed by atoms with Gasteiger partial charge in [0.2, 0.25) is 15.9 Å². The van der Waals surface area contributed by atoms with Gasteiger partial charge in [-0.3, -0.25) is 4.79 Å². The summed E-state index contributed by atoms with van der Waals surface area (Å²) in [4.78, 5) is 12.4. The summed E-state index contributed by atoms with van der Waals surface area (Å²) in [6.07, 6.45) is 2.78. The number of piperidine rings is 1. The lowest BCUT2D eigenvalue weighted by atomic mass is 9.98. The smallest absolute Gasteiger partial charge is 0.228 e. The van der Waals surface area contributed by atoms with E-state index in [0.29, 0.717) is 31.5 Å². The fourth-order valence-electron chi connectivity index (χ4n) is 2.68. The van der Waals surface area contributed by atoms with Crippen molar-refractivity contribution in [3.05, 3.63) is 24.3 Å². The van der Waals surface area contributed by atoms with Crippen LogP contribution >= 0.6 is 0 Å². The summed E-state index contributed by atoms with van der Waals surface area (Å²) in [6.45, 7) is 2.65. The molecular weight excluding hydrogens is 316 g/mol. The molecule has 0 aliphatic carbocycles. The summed E-state index contributed by atoms with van der Waals surface area (Å²) in [5, 5.41) is 12.4. The van der Waals surface area contributed by atoms with Crippen LogP contribution in [-0.4, -0.2) is 42.6 Å². The van der Waals surface area contributed by atoms with E-state index < -0.39 is 10.0 Å². The molecule has 0 spiro atoms. The van der Waals surface area contributed by atoms with Gasteiger partial charge in [-0.2, -0.15) is 0 Å². The third-order valence-corrected chi connectivity index (χ3v) is 5.99. The lowest BCUT2D eigenvalue weighted by Crippen LogP contribution is -2.44. The van der Waals surface area contributed by atoms with E-state index in [0.717, 1.165) is 6.42 Å². The molecular formula is C16H24N2O4S. The maximum atomic E-state index is 12.4. The summed E-state index contributed by atoms with van der Waals surface area (Å²) >= 11 is 0. The van der Waals surface area contributed by atoms with Crippen LogP contribution in [0.1, 0.15) is 32.6 Å². The third kappa shape index (κ3) is 4.68. The van der Waals surface area contributed by atoms with Crippen molar-refractivity contribution in [3.63, 3.8) is 0 Å². The van der Waals surface area contributed by atoms with Crippen LogP contribution in [0.15, 0.2) is 24.3 Å². The topological polar surface area (TPSA) is 86.7 Å². The SMILES string of the molecule is CCCCS(=O)(=O)N1CCCC(C(=O)Nc2ccccc2O)C1. The molecule has 7 heteroatoms. The maximum absolute atomic E-state index is 12.4. The molecule has 1 unspecified atom stereocenters. The van der Waals surface area contributed by atoms with Crippen LogP contribution < -0.4 is 5.32 Å². The predicted molar refractivity (Wildman–Crippen MR) is 89.7 cm³/mol. The molecule has 6 nitrogen and oxygen atoms in total. The Hall–Kier alpha value is -1.60. The van der Waals surface area contributed by atoms with Crippen LogP contribution in [0, 0.1) is 5.92 Å². The molecule has 1 heterocycles. The van der Waals surface area contributed by atoms with E-state index in [2.05, 4.69) is 5.32 Å². The Kier molecular flexibility index (Phi) is 6.01. The summed E-state index contributed by atoms with van der Waals surface area (Å²) in [5.74, 6) is -0.497. The number of unbranched alkanes of at least 4 members (excludes halogenated alkanes) is 1. The van der Waals surface area contributed by atoms with Gasteiger partial charge in [0, 0.05) is 13.1 Å². The Labute approximate surface area is 137 Å². The van der Waals surface area contributed by atoms with Crippen molar-refractivity contribution in [1.29, 1.82) is 0 Å². The highest BCUT2D eigenvalue weighted by Gasteiger charge is 2.32. The number of anilines is 1. The first-order valence-electron chi connectivity index (χ1n) is 8.00. The fraction of sp³-hybridized carbons (Fsp3) is 0.562. The molecule has 1 aromatic carbocycles. The Morgan fingerprint density at radius 1 is 1.39 bits per heavy atom. The number of nitrogens with zero attached hydrogens (tertiary/aromatic N) is 1. The first kappa shape index (κ1) is 17.7. The number of amides is 1. The molecule has 0 saturated carbocycles. The van der Waals surface area contributed by atoms with E-state index in [1.54, 1.807) is 18.2 Å². The minimum Gasteiger partial charge on any atom is -0.506 e. The molecule has 23 heavy (non-hydrogen) atoms. The van der Waals surface area contributed by atoms with Crippen LogP contribution in [0.3, 0.4) is 0 Å². The summed E-state index contributed by atoms with van der Waals surface area (Å²) in [6, 6.07) is 6.51. The number of carbonyl (C=O) groups excluding carboxylic acids is 1. The first-order valence-corrected chi connectivity index (χ1v) is 9.61. The van der Waals surface area contributed by atoms with Crippen molar-refractivity contribution >= 4 is 21.6 Å². The monoisotopic (exact) mass is 340 g/mol. The number of phenolic OH excluding ortho intramolecular Hbond substituents is 1. The van der Waals surface area contributed by atoms with E-state index in [1.807, 2.05) is 6.92 Å². The molecule has 0 bridgehead atoms. The molecule has 1 aliphatic heterocycles. The Morgan fingerprint density at radius 3 is 2.83 bits per heavy atom. The number of para-hydroxylation sites is 2. The van der Waals surface area contributed by atoms with Gasteiger partial charge in [0.1, 0.15) is 5.75 Å². The van der Waals surface area contributed by atoms with Crippen molar-refractivity contribution in [1.82, 2.24) is 4.31 Å². The Morgan fingerprint density at radius 2 is 2.13 bits per heavy atom. The Bertz CT molecular complexity index is 645. The van der Waals surface area contributed by atoms with Gasteiger partial charge in [-0.05, 0) is 31.4 Å². The van der Waals surface area contributed by atoms with Gasteiger partial charge in [-0.15, -0.1) is 0 Å². The molecule has 1 saturated heterocycles. The average Bonchev–Trinajstić information content (AvgIpc) is 2.55. The van der Waals surface area contributed by atoms with Gasteiger partial charge in [-0.25, -0.2) is 12.7 Å². The predicted octanol–water partition coefficient (Wildman–Crippen LogP) is 2.17. The standard InChI is InChI=1S/C16H24N2O4S/c1-2-3-11-23(21,22)18-10-6-7-13(12-18)16(20)17-14-8-4-5-9-15(14)19/h4-5,8-9,13,19H,2-3,6-7,10-12H2,1H3,(H,17,20). The number of phenols is 1. The Balaban J connectivity index is 2.00. The minimum absolute atomic E-state index is 0.00378. The zero-order valence-corrected chi connectivity index (χ0v) is 14.2. The number of hydrogen-bond donors (Lipinski definition) is 2. The number of carbonyl (C=O) groups is 1. The molecule has 1 aliphatic rings. The number of sulfonamides is 1. The number of rotatable bonds is 6. The first-order chi connectivity index (χ1) is 10.9. The number of hydrogen-bond acceptors (Lipinski definition) is 4. The highest BCUT2D eigenvalue weighted by molar-refractivity contribution is 7.89. The second-order valence-electron chi connectivity index (χ2n) is 5.87. The molecule has 1 fully saturated rings. The summed E-state index contributed by atoms with van der Waals surface area (Å²) < 4.78 is 26.0. The van der Waals surface area contributed by atoms with E-state index in [-0.39, 0.29) is 29.9 Å². The largest absolute Gasteiger partial charge is 0.506 e. The highest BCUT2D eigenvalue weighted by atomic mass is 32.2. The minimum atomic E-state index is -3.29. The van der Waals surface area contributed by atoms with Crippen LogP contribution in [0.2, 0.25) is 0 Å². The van der Waals surface area contributed by atoms with Gasteiger partial charge in [0.05, 0.1) is 17.4 Å². The van der Waals surface area contributed by atoms with E-state index in [4.69, 9.17) is 0 Å². The van der Waals surface area contributed by atoms with E-state index in [1.165, 1.54) is 10.4 Å². The summed E-state index contributed by atoms with van der Waals surface area (Å²) in [7, 11) is -3.29.